The van der Waals surface area contributed by atoms with Crippen LogP contribution in [-0.4, -0.2) is 46.2 Å². The fourth-order valence-corrected chi connectivity index (χ4v) is 1.90. The van der Waals surface area contributed by atoms with Crippen LogP contribution in [-0.2, 0) is 6.54 Å². The van der Waals surface area contributed by atoms with E-state index >= 15 is 0 Å². The summed E-state index contributed by atoms with van der Waals surface area (Å²) >= 11 is 0. The number of aromatic nitrogens is 2. The number of hydrogen-bond acceptors (Lipinski definition) is 5. The fraction of sp³-hybridized carbons (Fsp3) is 0.667. The van der Waals surface area contributed by atoms with E-state index in [1.165, 1.54) is 6.20 Å². The Bertz CT molecular complexity index is 375. The normalized spacial score (nSPS) is 17.6. The van der Waals surface area contributed by atoms with Gasteiger partial charge in [-0.3, -0.25) is 4.90 Å². The molecule has 1 aromatic heterocycles. The lowest BCUT2D eigenvalue weighted by molar-refractivity contribution is 0.227. The Balaban J connectivity index is 2.10. The third kappa shape index (κ3) is 3.14. The van der Waals surface area contributed by atoms with E-state index in [1.54, 1.807) is 0 Å². The van der Waals surface area contributed by atoms with E-state index in [1.807, 2.05) is 0 Å². The summed E-state index contributed by atoms with van der Waals surface area (Å²) in [6, 6.07) is 0. The van der Waals surface area contributed by atoms with E-state index in [4.69, 9.17) is 0 Å². The molecular formula is C12H20N4O. The Labute approximate surface area is 102 Å². The minimum absolute atomic E-state index is 0.202. The van der Waals surface area contributed by atoms with Crippen LogP contribution in [0.3, 0.4) is 0 Å². The highest BCUT2D eigenvalue weighted by atomic mass is 16.3. The summed E-state index contributed by atoms with van der Waals surface area (Å²) in [4.78, 5) is 10.9. The second kappa shape index (κ2) is 5.42. The Morgan fingerprint density at radius 1 is 1.41 bits per heavy atom. The molecule has 1 aliphatic heterocycles. The molecule has 0 spiro atoms. The number of nitrogens with zero attached hydrogens (tertiary/aromatic N) is 3. The largest absolute Gasteiger partial charge is 0.504 e. The van der Waals surface area contributed by atoms with Gasteiger partial charge in [-0.1, -0.05) is 13.8 Å². The van der Waals surface area contributed by atoms with Crippen molar-refractivity contribution in [2.24, 2.45) is 0 Å². The number of hydrogen-bond donors (Lipinski definition) is 2. The lowest BCUT2D eigenvalue weighted by Crippen LogP contribution is -2.43. The second-order valence-corrected chi connectivity index (χ2v) is 4.74. The zero-order valence-electron chi connectivity index (χ0n) is 10.5. The maximum atomic E-state index is 9.78. The quantitative estimate of drug-likeness (QED) is 0.809. The summed E-state index contributed by atoms with van der Waals surface area (Å²) in [5.41, 5.74) is 0.741. The molecule has 0 bridgehead atoms. The summed E-state index contributed by atoms with van der Waals surface area (Å²) in [5.74, 6) is 1.29. The molecule has 0 aromatic carbocycles. The van der Waals surface area contributed by atoms with Gasteiger partial charge in [0.05, 0.1) is 11.9 Å². The van der Waals surface area contributed by atoms with E-state index in [9.17, 15) is 5.11 Å². The Kier molecular flexibility index (Phi) is 3.91. The molecule has 17 heavy (non-hydrogen) atoms. The van der Waals surface area contributed by atoms with Crippen molar-refractivity contribution in [1.29, 1.82) is 0 Å². The van der Waals surface area contributed by atoms with Gasteiger partial charge in [-0.25, -0.2) is 9.97 Å². The Hall–Kier alpha value is -1.20. The van der Waals surface area contributed by atoms with Crippen LogP contribution in [0.2, 0.25) is 0 Å². The van der Waals surface area contributed by atoms with Crippen molar-refractivity contribution in [3.63, 3.8) is 0 Å². The van der Waals surface area contributed by atoms with Crippen LogP contribution in [0.4, 0.5) is 0 Å². The van der Waals surface area contributed by atoms with Crippen LogP contribution in [0.1, 0.15) is 31.3 Å². The molecule has 1 aliphatic rings. The van der Waals surface area contributed by atoms with Crippen molar-refractivity contribution in [1.82, 2.24) is 20.2 Å². The summed E-state index contributed by atoms with van der Waals surface area (Å²) in [6.07, 6.45) is 1.51. The van der Waals surface area contributed by atoms with E-state index in [2.05, 4.69) is 34.0 Å². The van der Waals surface area contributed by atoms with E-state index in [0.717, 1.165) is 37.7 Å². The van der Waals surface area contributed by atoms with Gasteiger partial charge >= 0.3 is 0 Å². The standard InChI is InChI=1S/C12H20N4O/c1-9(2)12-14-7-11(17)10(15-12)8-16-5-3-13-4-6-16/h7,9,13,17H,3-6,8H2,1-2H3. The van der Waals surface area contributed by atoms with E-state index in [-0.39, 0.29) is 11.7 Å². The topological polar surface area (TPSA) is 61.3 Å². The van der Waals surface area contributed by atoms with Gasteiger partial charge in [0, 0.05) is 38.6 Å². The summed E-state index contributed by atoms with van der Waals surface area (Å²) in [5, 5.41) is 13.1. The lowest BCUT2D eigenvalue weighted by atomic mass is 10.2. The number of nitrogens with one attached hydrogen (secondary N) is 1. The van der Waals surface area contributed by atoms with Crippen molar-refractivity contribution >= 4 is 0 Å². The summed E-state index contributed by atoms with van der Waals surface area (Å²) in [6.45, 7) is 8.82. The first-order chi connectivity index (χ1) is 8.16. The predicted octanol–water partition coefficient (Wildman–Crippen LogP) is 0.711. The zero-order valence-corrected chi connectivity index (χ0v) is 10.5. The van der Waals surface area contributed by atoms with Gasteiger partial charge < -0.3 is 10.4 Å². The molecule has 0 aliphatic carbocycles. The molecule has 5 heteroatoms. The molecule has 1 aromatic rings. The highest BCUT2D eigenvalue weighted by molar-refractivity contribution is 5.23. The van der Waals surface area contributed by atoms with Crippen LogP contribution in [0.25, 0.3) is 0 Å². The minimum Gasteiger partial charge on any atom is -0.504 e. The highest BCUT2D eigenvalue weighted by Gasteiger charge is 2.14. The Morgan fingerprint density at radius 2 is 2.12 bits per heavy atom. The fourth-order valence-electron chi connectivity index (χ4n) is 1.90. The molecule has 0 unspecified atom stereocenters. The maximum Gasteiger partial charge on any atom is 0.156 e. The molecule has 1 fully saturated rings. The number of rotatable bonds is 3. The second-order valence-electron chi connectivity index (χ2n) is 4.74. The highest BCUT2D eigenvalue weighted by Crippen LogP contribution is 2.18. The number of aromatic hydroxyl groups is 1. The van der Waals surface area contributed by atoms with Gasteiger partial charge in [0.15, 0.2) is 5.75 Å². The van der Waals surface area contributed by atoms with Crippen LogP contribution in [0.15, 0.2) is 6.20 Å². The number of piperazine rings is 1. The summed E-state index contributed by atoms with van der Waals surface area (Å²) < 4.78 is 0. The van der Waals surface area contributed by atoms with Crippen molar-refractivity contribution in [3.05, 3.63) is 17.7 Å². The van der Waals surface area contributed by atoms with Gasteiger partial charge in [0.2, 0.25) is 0 Å². The first-order valence-electron chi connectivity index (χ1n) is 6.14. The van der Waals surface area contributed by atoms with Gasteiger partial charge in [0.25, 0.3) is 0 Å². The average Bonchev–Trinajstić information content (AvgIpc) is 2.33. The van der Waals surface area contributed by atoms with E-state index in [0.29, 0.717) is 6.54 Å². The molecular weight excluding hydrogens is 216 g/mol. The first kappa shape index (κ1) is 12.3. The molecule has 2 N–H and O–H groups in total. The zero-order chi connectivity index (χ0) is 12.3. The van der Waals surface area contributed by atoms with Gasteiger partial charge in [-0.15, -0.1) is 0 Å². The van der Waals surface area contributed by atoms with Crippen molar-refractivity contribution in [2.75, 3.05) is 26.2 Å². The molecule has 1 saturated heterocycles. The first-order valence-corrected chi connectivity index (χ1v) is 6.14. The van der Waals surface area contributed by atoms with Crippen LogP contribution in [0, 0.1) is 0 Å². The summed E-state index contributed by atoms with van der Waals surface area (Å²) in [7, 11) is 0. The van der Waals surface area contributed by atoms with Crippen LogP contribution < -0.4 is 5.32 Å². The van der Waals surface area contributed by atoms with Crippen LogP contribution in [0.5, 0.6) is 5.75 Å². The van der Waals surface area contributed by atoms with Crippen LogP contribution >= 0.6 is 0 Å². The SMILES string of the molecule is CC(C)c1ncc(O)c(CN2CCNCC2)n1. The lowest BCUT2D eigenvalue weighted by Gasteiger charge is -2.27. The van der Waals surface area contributed by atoms with Gasteiger partial charge in [-0.2, -0.15) is 0 Å². The van der Waals surface area contributed by atoms with Crippen molar-refractivity contribution in [2.45, 2.75) is 26.3 Å². The van der Waals surface area contributed by atoms with Crippen molar-refractivity contribution in [3.8, 4) is 5.75 Å². The third-order valence-corrected chi connectivity index (χ3v) is 2.96. The maximum absolute atomic E-state index is 9.78. The van der Waals surface area contributed by atoms with E-state index < -0.39 is 0 Å². The smallest absolute Gasteiger partial charge is 0.156 e. The van der Waals surface area contributed by atoms with Crippen molar-refractivity contribution < 1.29 is 5.11 Å². The molecule has 5 nitrogen and oxygen atoms in total. The molecule has 2 heterocycles. The molecule has 0 radical (unpaired) electrons. The molecule has 0 atom stereocenters. The predicted molar refractivity (Wildman–Crippen MR) is 65.9 cm³/mol. The molecule has 94 valence electrons. The van der Waals surface area contributed by atoms with Gasteiger partial charge in [-0.05, 0) is 0 Å². The average molecular weight is 236 g/mol. The molecule has 0 saturated carbocycles. The van der Waals surface area contributed by atoms with Gasteiger partial charge in [0.1, 0.15) is 5.82 Å². The molecule has 2 rings (SSSR count). The monoisotopic (exact) mass is 236 g/mol. The minimum atomic E-state index is 0.202. The Morgan fingerprint density at radius 3 is 2.76 bits per heavy atom. The third-order valence-electron chi connectivity index (χ3n) is 2.96. The molecule has 0 amide bonds.